The summed E-state index contributed by atoms with van der Waals surface area (Å²) in [5, 5.41) is 14.7. The Kier molecular flexibility index (Phi) is 5.61. The molecule has 3 heterocycles. The summed E-state index contributed by atoms with van der Waals surface area (Å²) in [5.74, 6) is 1.16. The molecule has 2 aliphatic rings. The van der Waals surface area contributed by atoms with Crippen LogP contribution in [-0.4, -0.2) is 51.3 Å². The van der Waals surface area contributed by atoms with E-state index in [1.165, 1.54) is 5.69 Å². The van der Waals surface area contributed by atoms with E-state index in [-0.39, 0.29) is 11.9 Å². The Balaban J connectivity index is 1.49. The van der Waals surface area contributed by atoms with Crippen molar-refractivity contribution in [2.75, 3.05) is 13.1 Å². The summed E-state index contributed by atoms with van der Waals surface area (Å²) < 4.78 is 0. The number of nitrogens with zero attached hydrogens (tertiary/aromatic N) is 2. The number of carbonyl (C=O) groups excluding carboxylic acids is 1. The van der Waals surface area contributed by atoms with Gasteiger partial charge in [-0.1, -0.05) is 13.8 Å². The molecule has 1 amide bonds. The maximum absolute atomic E-state index is 12.6. The minimum Gasteiger partial charge on any atom is -0.360 e. The highest BCUT2D eigenvalue weighted by atomic mass is 32.1. The number of hydrogen-bond acceptors (Lipinski definition) is 3. The first-order valence-electron chi connectivity index (χ1n) is 9.32. The molecule has 3 rings (SSSR count). The third-order valence-corrected chi connectivity index (χ3v) is 5.50. The van der Waals surface area contributed by atoms with Crippen LogP contribution in [0.5, 0.6) is 0 Å². The monoisotopic (exact) mass is 363 g/mol. The van der Waals surface area contributed by atoms with Gasteiger partial charge in [0.05, 0.1) is 5.69 Å². The molecule has 7 heteroatoms. The van der Waals surface area contributed by atoms with Crippen molar-refractivity contribution in [2.45, 2.75) is 70.4 Å². The van der Waals surface area contributed by atoms with E-state index in [1.54, 1.807) is 0 Å². The third-order valence-electron chi connectivity index (χ3n) is 5.27. The Morgan fingerprint density at radius 2 is 2.08 bits per heavy atom. The van der Waals surface area contributed by atoms with Gasteiger partial charge >= 0.3 is 0 Å². The lowest BCUT2D eigenvalue weighted by Gasteiger charge is -2.35. The highest BCUT2D eigenvalue weighted by Crippen LogP contribution is 2.28. The Morgan fingerprint density at radius 3 is 2.68 bits per heavy atom. The first-order chi connectivity index (χ1) is 11.9. The molecule has 2 aliphatic heterocycles. The van der Waals surface area contributed by atoms with Crippen LogP contribution in [-0.2, 0) is 4.79 Å². The zero-order valence-corrected chi connectivity index (χ0v) is 16.2. The van der Waals surface area contributed by atoms with Crippen LogP contribution in [0.3, 0.4) is 0 Å². The second-order valence-corrected chi connectivity index (χ2v) is 8.12. The maximum Gasteiger partial charge on any atom is 0.224 e. The number of rotatable bonds is 4. The fourth-order valence-electron chi connectivity index (χ4n) is 3.77. The highest BCUT2D eigenvalue weighted by Gasteiger charge is 2.28. The summed E-state index contributed by atoms with van der Waals surface area (Å²) in [4.78, 5) is 14.6. The number of piperidine rings is 1. The summed E-state index contributed by atoms with van der Waals surface area (Å²) in [5.41, 5.74) is 2.34. The van der Waals surface area contributed by atoms with Crippen molar-refractivity contribution in [1.29, 1.82) is 0 Å². The number of thiocarbonyl (C=S) groups is 1. The Bertz CT molecular complexity index is 621. The lowest BCUT2D eigenvalue weighted by atomic mass is 9.92. The lowest BCUT2D eigenvalue weighted by Crippen LogP contribution is -2.54. The number of aromatic nitrogens is 2. The van der Waals surface area contributed by atoms with Gasteiger partial charge in [-0.05, 0) is 50.4 Å². The first-order valence-corrected chi connectivity index (χ1v) is 9.73. The van der Waals surface area contributed by atoms with Crippen molar-refractivity contribution in [3.63, 3.8) is 0 Å². The number of amides is 1. The van der Waals surface area contributed by atoms with Gasteiger partial charge in [-0.3, -0.25) is 9.89 Å². The average Bonchev–Trinajstić information content (AvgIpc) is 3.04. The average molecular weight is 364 g/mol. The van der Waals surface area contributed by atoms with Crippen LogP contribution in [0, 0.1) is 0 Å². The van der Waals surface area contributed by atoms with E-state index >= 15 is 0 Å². The number of hydrogen-bond donors (Lipinski definition) is 3. The second-order valence-electron chi connectivity index (χ2n) is 7.71. The molecular formula is C18H29N5OS. The fraction of sp³-hybridized carbons (Fsp3) is 0.722. The predicted octanol–water partition coefficient (Wildman–Crippen LogP) is 2.25. The molecule has 0 aliphatic carbocycles. The van der Waals surface area contributed by atoms with Crippen LogP contribution in [0.15, 0.2) is 6.07 Å². The zero-order chi connectivity index (χ0) is 18.0. The third kappa shape index (κ3) is 4.51. The molecule has 138 valence electrons. The minimum absolute atomic E-state index is 0.148. The molecule has 6 nitrogen and oxygen atoms in total. The summed E-state index contributed by atoms with van der Waals surface area (Å²) in [6.45, 7) is 8.06. The van der Waals surface area contributed by atoms with Gasteiger partial charge in [-0.25, -0.2) is 0 Å². The second kappa shape index (κ2) is 7.72. The molecule has 0 radical (unpaired) electrons. The number of carbonyl (C=O) groups is 1. The highest BCUT2D eigenvalue weighted by molar-refractivity contribution is 7.80. The summed E-state index contributed by atoms with van der Waals surface area (Å²) in [7, 11) is 0. The van der Waals surface area contributed by atoms with E-state index in [0.29, 0.717) is 29.4 Å². The molecule has 2 atom stereocenters. The van der Waals surface area contributed by atoms with Crippen LogP contribution >= 0.6 is 12.2 Å². The molecule has 25 heavy (non-hydrogen) atoms. The summed E-state index contributed by atoms with van der Waals surface area (Å²) in [6.07, 6.45) is 3.45. The van der Waals surface area contributed by atoms with E-state index in [4.69, 9.17) is 12.2 Å². The zero-order valence-electron chi connectivity index (χ0n) is 15.3. The Labute approximate surface area is 155 Å². The molecular weight excluding hydrogens is 334 g/mol. The van der Waals surface area contributed by atoms with Gasteiger partial charge in [0.25, 0.3) is 0 Å². The van der Waals surface area contributed by atoms with Gasteiger partial charge in [0.2, 0.25) is 5.91 Å². The molecule has 0 bridgehead atoms. The predicted molar refractivity (Wildman–Crippen MR) is 103 cm³/mol. The topological polar surface area (TPSA) is 73.1 Å². The molecule has 1 aromatic rings. The van der Waals surface area contributed by atoms with Crippen molar-refractivity contribution >= 4 is 23.2 Å². The number of nitrogens with one attached hydrogen (secondary N) is 3. The quantitative estimate of drug-likeness (QED) is 0.716. The van der Waals surface area contributed by atoms with Crippen molar-refractivity contribution in [3.8, 4) is 0 Å². The fourth-order valence-corrected chi connectivity index (χ4v) is 4.14. The molecule has 0 saturated carbocycles. The van der Waals surface area contributed by atoms with Crippen LogP contribution in [0.1, 0.15) is 69.7 Å². The van der Waals surface area contributed by atoms with Crippen molar-refractivity contribution in [1.82, 2.24) is 25.7 Å². The molecule has 3 N–H and O–H groups in total. The van der Waals surface area contributed by atoms with Crippen LogP contribution < -0.4 is 10.6 Å². The molecule has 1 aromatic heterocycles. The van der Waals surface area contributed by atoms with Gasteiger partial charge in [0.1, 0.15) is 0 Å². The van der Waals surface area contributed by atoms with Crippen LogP contribution in [0.2, 0.25) is 0 Å². The summed E-state index contributed by atoms with van der Waals surface area (Å²) >= 11 is 5.20. The van der Waals surface area contributed by atoms with E-state index in [1.807, 2.05) is 4.90 Å². The largest absolute Gasteiger partial charge is 0.360 e. The van der Waals surface area contributed by atoms with Crippen LogP contribution in [0.25, 0.3) is 0 Å². The molecule has 2 saturated heterocycles. The van der Waals surface area contributed by atoms with Crippen molar-refractivity contribution in [2.24, 2.45) is 0 Å². The molecule has 2 fully saturated rings. The first kappa shape index (κ1) is 18.2. The standard InChI is InChI=1S/C18H29N5OS/c1-11(2)15-10-16(22-21-15)13-4-6-23(7-5-13)17(24)9-14-8-12(3)19-18(25)20-14/h10-14H,4-9H2,1-3H3,(H,21,22)(H2,19,20,25)/t12-,14+/m1/s1. The van der Waals surface area contributed by atoms with E-state index in [2.05, 4.69) is 47.7 Å². The SMILES string of the molecule is CC(C)c1cc(C2CCN(C(=O)C[C@@H]3C[C@@H](C)NC(=S)N3)CC2)[nH]n1. The Morgan fingerprint density at radius 1 is 1.36 bits per heavy atom. The van der Waals surface area contributed by atoms with E-state index < -0.39 is 0 Å². The van der Waals surface area contributed by atoms with Gasteiger partial charge < -0.3 is 15.5 Å². The van der Waals surface area contributed by atoms with Crippen molar-refractivity contribution < 1.29 is 4.79 Å². The summed E-state index contributed by atoms with van der Waals surface area (Å²) in [6, 6.07) is 2.66. The molecule has 0 aromatic carbocycles. The molecule has 0 spiro atoms. The Hall–Kier alpha value is -1.63. The number of aromatic amines is 1. The maximum atomic E-state index is 12.6. The van der Waals surface area contributed by atoms with E-state index in [0.717, 1.165) is 38.0 Å². The van der Waals surface area contributed by atoms with Gasteiger partial charge in [-0.2, -0.15) is 5.10 Å². The van der Waals surface area contributed by atoms with Gasteiger partial charge in [0, 0.05) is 43.2 Å². The lowest BCUT2D eigenvalue weighted by molar-refractivity contribution is -0.132. The minimum atomic E-state index is 0.148. The normalized spacial score (nSPS) is 25.0. The number of H-pyrrole nitrogens is 1. The van der Waals surface area contributed by atoms with E-state index in [9.17, 15) is 4.79 Å². The van der Waals surface area contributed by atoms with Gasteiger partial charge in [-0.15, -0.1) is 0 Å². The van der Waals surface area contributed by atoms with Crippen LogP contribution in [0.4, 0.5) is 0 Å². The number of likely N-dealkylation sites (tertiary alicyclic amines) is 1. The van der Waals surface area contributed by atoms with Gasteiger partial charge in [0.15, 0.2) is 5.11 Å². The smallest absolute Gasteiger partial charge is 0.224 e. The van der Waals surface area contributed by atoms with Crippen molar-refractivity contribution in [3.05, 3.63) is 17.5 Å². The molecule has 0 unspecified atom stereocenters.